The van der Waals surface area contributed by atoms with Crippen LogP contribution in [0.4, 0.5) is 0 Å². The summed E-state index contributed by atoms with van der Waals surface area (Å²) in [4.78, 5) is 16.7. The van der Waals surface area contributed by atoms with Crippen molar-refractivity contribution >= 4 is 5.97 Å². The Morgan fingerprint density at radius 3 is 2.95 bits per heavy atom. The number of aryl methyl sites for hydroxylation is 1. The number of ether oxygens (including phenoxy) is 1. The van der Waals surface area contributed by atoms with E-state index in [1.54, 1.807) is 12.0 Å². The van der Waals surface area contributed by atoms with Crippen LogP contribution < -0.4 is 0 Å². The number of aromatic nitrogens is 2. The maximum Gasteiger partial charge on any atom is 0.317 e. The highest BCUT2D eigenvalue weighted by atomic mass is 16.5. The number of aliphatic carboxylic acids is 1. The second-order valence-electron chi connectivity index (χ2n) is 4.31. The molecule has 0 atom stereocenters. The summed E-state index contributed by atoms with van der Waals surface area (Å²) in [6, 6.07) is 0. The fourth-order valence-corrected chi connectivity index (χ4v) is 1.61. The summed E-state index contributed by atoms with van der Waals surface area (Å²) >= 11 is 0. The molecule has 0 fully saturated rings. The van der Waals surface area contributed by atoms with Gasteiger partial charge in [-0.15, -0.1) is 0 Å². The van der Waals surface area contributed by atoms with Crippen LogP contribution in [-0.2, 0) is 22.5 Å². The smallest absolute Gasteiger partial charge is 0.317 e. The van der Waals surface area contributed by atoms with E-state index in [1.807, 2.05) is 0 Å². The van der Waals surface area contributed by atoms with Crippen molar-refractivity contribution < 1.29 is 19.2 Å². The molecule has 0 spiro atoms. The molecule has 0 aliphatic heterocycles. The van der Waals surface area contributed by atoms with Crippen LogP contribution in [-0.4, -0.2) is 52.9 Å². The average Bonchev–Trinajstić information content (AvgIpc) is 2.80. The van der Waals surface area contributed by atoms with Crippen molar-refractivity contribution in [3.8, 4) is 0 Å². The molecule has 0 aliphatic rings. The van der Waals surface area contributed by atoms with Crippen LogP contribution in [0.2, 0.25) is 0 Å². The molecule has 0 radical (unpaired) electrons. The number of carboxylic acid groups (broad SMARTS) is 1. The molecule has 0 aromatic carbocycles. The normalized spacial score (nSPS) is 11.1. The molecule has 0 aliphatic carbocycles. The minimum absolute atomic E-state index is 0.0734. The Morgan fingerprint density at radius 1 is 1.53 bits per heavy atom. The molecule has 1 aromatic rings. The van der Waals surface area contributed by atoms with Crippen molar-refractivity contribution in [1.29, 1.82) is 0 Å². The maximum absolute atomic E-state index is 10.8. The fraction of sp³-hybridized carbons (Fsp3) is 0.750. The third-order valence-electron chi connectivity index (χ3n) is 2.59. The van der Waals surface area contributed by atoms with Crippen LogP contribution in [0.25, 0.3) is 0 Å². The summed E-state index contributed by atoms with van der Waals surface area (Å²) in [5.74, 6) is 0.240. The van der Waals surface area contributed by atoms with Crippen LogP contribution in [0.1, 0.15) is 31.5 Å². The summed E-state index contributed by atoms with van der Waals surface area (Å²) in [5.41, 5.74) is 0. The number of hydrogen-bond acceptors (Lipinski definition) is 6. The van der Waals surface area contributed by atoms with E-state index >= 15 is 0 Å². The molecule has 7 nitrogen and oxygen atoms in total. The van der Waals surface area contributed by atoms with Crippen molar-refractivity contribution in [2.45, 2.75) is 32.7 Å². The number of rotatable bonds is 10. The lowest BCUT2D eigenvalue weighted by Gasteiger charge is -2.17. The van der Waals surface area contributed by atoms with Gasteiger partial charge in [-0.2, -0.15) is 4.98 Å². The van der Waals surface area contributed by atoms with E-state index in [1.165, 1.54) is 0 Å². The van der Waals surface area contributed by atoms with E-state index in [4.69, 9.17) is 14.4 Å². The van der Waals surface area contributed by atoms with Crippen molar-refractivity contribution in [3.05, 3.63) is 11.7 Å². The molecule has 0 saturated heterocycles. The highest BCUT2D eigenvalue weighted by Gasteiger charge is 2.14. The van der Waals surface area contributed by atoms with Gasteiger partial charge in [0.25, 0.3) is 0 Å². The van der Waals surface area contributed by atoms with E-state index in [0.29, 0.717) is 31.4 Å². The van der Waals surface area contributed by atoms with Gasteiger partial charge in [-0.3, -0.25) is 9.69 Å². The van der Waals surface area contributed by atoms with Gasteiger partial charge in [0.1, 0.15) is 0 Å². The fourth-order valence-electron chi connectivity index (χ4n) is 1.61. The zero-order valence-electron chi connectivity index (χ0n) is 11.5. The van der Waals surface area contributed by atoms with E-state index in [0.717, 1.165) is 19.3 Å². The minimum Gasteiger partial charge on any atom is -0.480 e. The van der Waals surface area contributed by atoms with Gasteiger partial charge < -0.3 is 14.4 Å². The zero-order valence-corrected chi connectivity index (χ0v) is 11.5. The molecule has 1 rings (SSSR count). The highest BCUT2D eigenvalue weighted by molar-refractivity contribution is 5.69. The molecule has 1 N–H and O–H groups in total. The molecule has 0 unspecified atom stereocenters. The van der Waals surface area contributed by atoms with Gasteiger partial charge in [-0.1, -0.05) is 18.5 Å². The van der Waals surface area contributed by atoms with E-state index in [9.17, 15) is 4.79 Å². The lowest BCUT2D eigenvalue weighted by atomic mass is 10.2. The standard InChI is InChI=1S/C12H21N3O4/c1-3-4-5-10-13-11(19-14-10)8-15(6-7-18-2)9-12(16)17/h3-9H2,1-2H3,(H,16,17). The number of carboxylic acids is 1. The lowest BCUT2D eigenvalue weighted by Crippen LogP contribution is -2.32. The van der Waals surface area contributed by atoms with Gasteiger partial charge in [-0.05, 0) is 6.42 Å². The highest BCUT2D eigenvalue weighted by Crippen LogP contribution is 2.05. The van der Waals surface area contributed by atoms with Gasteiger partial charge in [-0.25, -0.2) is 0 Å². The van der Waals surface area contributed by atoms with E-state index in [2.05, 4.69) is 17.1 Å². The molecular formula is C12H21N3O4. The summed E-state index contributed by atoms with van der Waals surface area (Å²) in [7, 11) is 1.58. The predicted molar refractivity (Wildman–Crippen MR) is 67.7 cm³/mol. The Morgan fingerprint density at radius 2 is 2.32 bits per heavy atom. The molecule has 108 valence electrons. The van der Waals surface area contributed by atoms with E-state index in [-0.39, 0.29) is 6.54 Å². The summed E-state index contributed by atoms with van der Waals surface area (Å²) < 4.78 is 10.1. The number of carbonyl (C=O) groups is 1. The monoisotopic (exact) mass is 271 g/mol. The number of unbranched alkanes of at least 4 members (excludes halogenated alkanes) is 1. The molecule has 0 amide bonds. The second kappa shape index (κ2) is 8.60. The summed E-state index contributed by atoms with van der Waals surface area (Å²) in [6.07, 6.45) is 2.88. The van der Waals surface area contributed by atoms with Crippen molar-refractivity contribution in [2.75, 3.05) is 26.8 Å². The maximum atomic E-state index is 10.8. The Labute approximate surface area is 112 Å². The molecule has 1 heterocycles. The SMILES string of the molecule is CCCCc1noc(CN(CCOC)CC(=O)O)n1. The summed E-state index contributed by atoms with van der Waals surface area (Å²) in [6.45, 7) is 3.32. The predicted octanol–water partition coefficient (Wildman–Crippen LogP) is 0.945. The Balaban J connectivity index is 2.51. The molecule has 7 heteroatoms. The van der Waals surface area contributed by atoms with Crippen LogP contribution in [0, 0.1) is 0 Å². The van der Waals surface area contributed by atoms with Gasteiger partial charge in [0, 0.05) is 20.1 Å². The van der Waals surface area contributed by atoms with Crippen molar-refractivity contribution in [2.24, 2.45) is 0 Å². The van der Waals surface area contributed by atoms with E-state index < -0.39 is 5.97 Å². The third kappa shape index (κ3) is 6.30. The van der Waals surface area contributed by atoms with Crippen LogP contribution >= 0.6 is 0 Å². The first-order valence-corrected chi connectivity index (χ1v) is 6.40. The largest absolute Gasteiger partial charge is 0.480 e. The first-order chi connectivity index (χ1) is 9.15. The van der Waals surface area contributed by atoms with Gasteiger partial charge >= 0.3 is 5.97 Å². The average molecular weight is 271 g/mol. The zero-order chi connectivity index (χ0) is 14.1. The molecule has 0 bridgehead atoms. The second-order valence-corrected chi connectivity index (χ2v) is 4.31. The molecule has 0 saturated carbocycles. The first kappa shape index (κ1) is 15.6. The van der Waals surface area contributed by atoms with Crippen LogP contribution in [0.15, 0.2) is 4.52 Å². The Hall–Kier alpha value is -1.47. The lowest BCUT2D eigenvalue weighted by molar-refractivity contribution is -0.138. The topological polar surface area (TPSA) is 88.7 Å². The molecule has 19 heavy (non-hydrogen) atoms. The summed E-state index contributed by atoms with van der Waals surface area (Å²) in [5, 5.41) is 12.7. The number of nitrogens with zero attached hydrogens (tertiary/aromatic N) is 3. The van der Waals surface area contributed by atoms with Gasteiger partial charge in [0.15, 0.2) is 5.82 Å². The quantitative estimate of drug-likeness (QED) is 0.677. The minimum atomic E-state index is -0.887. The van der Waals surface area contributed by atoms with Gasteiger partial charge in [0.05, 0.1) is 19.7 Å². The van der Waals surface area contributed by atoms with Gasteiger partial charge in [0.2, 0.25) is 5.89 Å². The number of methoxy groups -OCH3 is 1. The molecule has 1 aromatic heterocycles. The molecular weight excluding hydrogens is 250 g/mol. The third-order valence-corrected chi connectivity index (χ3v) is 2.59. The Bertz CT molecular complexity index is 381. The van der Waals surface area contributed by atoms with Crippen LogP contribution in [0.3, 0.4) is 0 Å². The van der Waals surface area contributed by atoms with Crippen molar-refractivity contribution in [1.82, 2.24) is 15.0 Å². The van der Waals surface area contributed by atoms with Crippen LogP contribution in [0.5, 0.6) is 0 Å². The first-order valence-electron chi connectivity index (χ1n) is 6.40. The Kier molecular flexibility index (Phi) is 7.06. The number of hydrogen-bond donors (Lipinski definition) is 1. The van der Waals surface area contributed by atoms with Crippen molar-refractivity contribution in [3.63, 3.8) is 0 Å².